The molecule has 7 nitrogen and oxygen atoms in total. The average Bonchev–Trinajstić information content (AvgIpc) is 3.26. The highest BCUT2D eigenvalue weighted by Crippen LogP contribution is 2.31. The number of hydrogen-bond acceptors (Lipinski definition) is 7. The summed E-state index contributed by atoms with van der Waals surface area (Å²) in [6.07, 6.45) is 3.83. The van der Waals surface area contributed by atoms with Gasteiger partial charge in [-0.05, 0) is 19.4 Å². The summed E-state index contributed by atoms with van der Waals surface area (Å²) in [5.74, 6) is 1.64. The van der Waals surface area contributed by atoms with E-state index in [-0.39, 0.29) is 17.5 Å². The van der Waals surface area contributed by atoms with E-state index >= 15 is 0 Å². The van der Waals surface area contributed by atoms with E-state index in [1.807, 2.05) is 19.2 Å². The van der Waals surface area contributed by atoms with Gasteiger partial charge in [-0.25, -0.2) is 4.98 Å². The van der Waals surface area contributed by atoms with E-state index in [0.29, 0.717) is 12.4 Å². The highest BCUT2D eigenvalue weighted by Gasteiger charge is 2.30. The Hall–Kier alpha value is -2.06. The third-order valence-corrected chi connectivity index (χ3v) is 5.09. The number of aromatic nitrogens is 4. The molecule has 0 spiro atoms. The summed E-state index contributed by atoms with van der Waals surface area (Å²) >= 11 is 1.47. The number of thiazole rings is 1. The molecule has 0 N–H and O–H groups in total. The molecule has 0 aromatic carbocycles. The van der Waals surface area contributed by atoms with Crippen LogP contribution in [-0.4, -0.2) is 31.0 Å². The van der Waals surface area contributed by atoms with Gasteiger partial charge < -0.3 is 4.52 Å². The molecule has 0 unspecified atom stereocenters. The first kappa shape index (κ1) is 15.5. The molecular formula is C16H19N5O2S. The summed E-state index contributed by atoms with van der Waals surface area (Å²) in [5.41, 5.74) is 0.760. The first-order chi connectivity index (χ1) is 11.6. The van der Waals surface area contributed by atoms with Crippen LogP contribution >= 0.6 is 11.3 Å². The fraction of sp³-hybridized carbons (Fsp3) is 0.500. The number of likely N-dealkylation sites (tertiary alicyclic amines) is 1. The van der Waals surface area contributed by atoms with Crippen LogP contribution in [0.2, 0.25) is 0 Å². The monoisotopic (exact) mass is 345 g/mol. The molecule has 8 heteroatoms. The second-order valence-electron chi connectivity index (χ2n) is 6.42. The molecule has 4 heterocycles. The van der Waals surface area contributed by atoms with Crippen molar-refractivity contribution >= 4 is 16.3 Å². The van der Waals surface area contributed by atoms with E-state index in [0.717, 1.165) is 35.9 Å². The average molecular weight is 345 g/mol. The quantitative estimate of drug-likeness (QED) is 0.723. The third kappa shape index (κ3) is 2.76. The molecule has 1 fully saturated rings. The zero-order valence-corrected chi connectivity index (χ0v) is 14.5. The standard InChI is InChI=1S/C16H19N5O2S/c1-10(2)15-18-14(19-23-15)12-4-3-5-20(12)9-11-8-13(22)21-6-7-24-16(21)17-11/h6-8,10,12H,3-5,9H2,1-2H3/t12-/m0/s1. The third-order valence-electron chi connectivity index (χ3n) is 4.33. The smallest absolute Gasteiger partial charge is 0.258 e. The maximum Gasteiger partial charge on any atom is 0.258 e. The SMILES string of the molecule is CC(C)c1nc([C@@H]2CCCN2Cc2cc(=O)n3ccsc3n2)no1. The van der Waals surface area contributed by atoms with E-state index in [9.17, 15) is 4.79 Å². The summed E-state index contributed by atoms with van der Waals surface area (Å²) < 4.78 is 6.92. The second-order valence-corrected chi connectivity index (χ2v) is 7.29. The Balaban J connectivity index is 1.58. The molecule has 3 aromatic heterocycles. The van der Waals surface area contributed by atoms with Gasteiger partial charge in [0, 0.05) is 30.1 Å². The van der Waals surface area contributed by atoms with Gasteiger partial charge in [-0.3, -0.25) is 14.1 Å². The van der Waals surface area contributed by atoms with E-state index < -0.39 is 0 Å². The lowest BCUT2D eigenvalue weighted by molar-refractivity contribution is 0.231. The molecule has 1 aliphatic heterocycles. The number of hydrogen-bond donors (Lipinski definition) is 0. The predicted molar refractivity (Wildman–Crippen MR) is 90.1 cm³/mol. The van der Waals surface area contributed by atoms with Gasteiger partial charge in [0.2, 0.25) is 5.89 Å². The van der Waals surface area contributed by atoms with E-state index in [1.165, 1.54) is 11.3 Å². The lowest BCUT2D eigenvalue weighted by Crippen LogP contribution is -2.25. The zero-order valence-electron chi connectivity index (χ0n) is 13.7. The van der Waals surface area contributed by atoms with Crippen LogP contribution in [0.4, 0.5) is 0 Å². The highest BCUT2D eigenvalue weighted by molar-refractivity contribution is 7.15. The zero-order chi connectivity index (χ0) is 16.7. The van der Waals surface area contributed by atoms with Crippen molar-refractivity contribution in [2.24, 2.45) is 0 Å². The van der Waals surface area contributed by atoms with Gasteiger partial charge in [-0.15, -0.1) is 11.3 Å². The summed E-state index contributed by atoms with van der Waals surface area (Å²) in [5, 5.41) is 6.03. The van der Waals surface area contributed by atoms with Gasteiger partial charge in [0.25, 0.3) is 5.56 Å². The maximum atomic E-state index is 12.1. The molecular weight excluding hydrogens is 326 g/mol. The summed E-state index contributed by atoms with van der Waals surface area (Å²) in [6, 6.07) is 1.75. The molecule has 4 rings (SSSR count). The Morgan fingerprint density at radius 1 is 1.42 bits per heavy atom. The van der Waals surface area contributed by atoms with Crippen LogP contribution in [-0.2, 0) is 6.54 Å². The first-order valence-corrected chi connectivity index (χ1v) is 9.03. The molecule has 1 aliphatic rings. The van der Waals surface area contributed by atoms with Crippen LogP contribution in [0, 0.1) is 0 Å². The summed E-state index contributed by atoms with van der Waals surface area (Å²) in [6.45, 7) is 5.65. The van der Waals surface area contributed by atoms with Crippen LogP contribution in [0.5, 0.6) is 0 Å². The Labute approximate surface area is 142 Å². The minimum Gasteiger partial charge on any atom is -0.339 e. The van der Waals surface area contributed by atoms with Gasteiger partial charge >= 0.3 is 0 Å². The molecule has 0 bridgehead atoms. The van der Waals surface area contributed by atoms with Gasteiger partial charge in [0.1, 0.15) is 0 Å². The highest BCUT2D eigenvalue weighted by atomic mass is 32.1. The molecule has 24 heavy (non-hydrogen) atoms. The van der Waals surface area contributed by atoms with Crippen LogP contribution in [0.25, 0.3) is 4.96 Å². The number of nitrogens with zero attached hydrogens (tertiary/aromatic N) is 5. The molecule has 0 aliphatic carbocycles. The fourth-order valence-electron chi connectivity index (χ4n) is 3.10. The van der Waals surface area contributed by atoms with Crippen molar-refractivity contribution in [3.63, 3.8) is 0 Å². The Bertz CT molecular complexity index is 912. The normalized spacial score (nSPS) is 18.9. The van der Waals surface area contributed by atoms with Crippen LogP contribution in [0.1, 0.15) is 56.1 Å². The van der Waals surface area contributed by atoms with Gasteiger partial charge in [-0.1, -0.05) is 19.0 Å². The van der Waals surface area contributed by atoms with E-state index in [2.05, 4.69) is 20.0 Å². The molecule has 1 saturated heterocycles. The minimum atomic E-state index is -0.0337. The Morgan fingerprint density at radius 2 is 2.29 bits per heavy atom. The molecule has 3 aromatic rings. The molecule has 0 amide bonds. The topological polar surface area (TPSA) is 76.5 Å². The maximum absolute atomic E-state index is 12.1. The van der Waals surface area contributed by atoms with Crippen molar-refractivity contribution in [2.45, 2.75) is 45.2 Å². The van der Waals surface area contributed by atoms with Gasteiger partial charge in [-0.2, -0.15) is 4.98 Å². The molecule has 0 saturated carbocycles. The summed E-state index contributed by atoms with van der Waals surface area (Å²) in [4.78, 5) is 24.3. The first-order valence-electron chi connectivity index (χ1n) is 8.15. The summed E-state index contributed by atoms with van der Waals surface area (Å²) in [7, 11) is 0. The van der Waals surface area contributed by atoms with Crippen molar-refractivity contribution in [2.75, 3.05) is 6.54 Å². The van der Waals surface area contributed by atoms with E-state index in [1.54, 1.807) is 16.7 Å². The van der Waals surface area contributed by atoms with Crippen molar-refractivity contribution in [3.05, 3.63) is 45.4 Å². The van der Waals surface area contributed by atoms with Crippen LogP contribution in [0.3, 0.4) is 0 Å². The molecule has 0 radical (unpaired) electrons. The molecule has 126 valence electrons. The largest absolute Gasteiger partial charge is 0.339 e. The van der Waals surface area contributed by atoms with Gasteiger partial charge in [0.15, 0.2) is 10.8 Å². The fourth-order valence-corrected chi connectivity index (χ4v) is 3.84. The van der Waals surface area contributed by atoms with Crippen LogP contribution in [0.15, 0.2) is 27.0 Å². The second kappa shape index (κ2) is 6.10. The Morgan fingerprint density at radius 3 is 3.08 bits per heavy atom. The van der Waals surface area contributed by atoms with E-state index in [4.69, 9.17) is 4.52 Å². The van der Waals surface area contributed by atoms with Crippen molar-refractivity contribution in [1.82, 2.24) is 24.4 Å². The minimum absolute atomic E-state index is 0.0337. The Kier molecular flexibility index (Phi) is 3.93. The lowest BCUT2D eigenvalue weighted by atomic mass is 10.2. The molecule has 1 atom stereocenters. The van der Waals surface area contributed by atoms with Gasteiger partial charge in [0.05, 0.1) is 11.7 Å². The van der Waals surface area contributed by atoms with Crippen LogP contribution < -0.4 is 5.56 Å². The number of rotatable bonds is 4. The predicted octanol–water partition coefficient (Wildman–Crippen LogP) is 2.60. The van der Waals surface area contributed by atoms with Crippen molar-refractivity contribution < 1.29 is 4.52 Å². The number of fused-ring (bicyclic) bond motifs is 1. The van der Waals surface area contributed by atoms with Crippen molar-refractivity contribution in [1.29, 1.82) is 0 Å². The lowest BCUT2D eigenvalue weighted by Gasteiger charge is -2.21. The van der Waals surface area contributed by atoms with Crippen molar-refractivity contribution in [3.8, 4) is 0 Å².